The SMILES string of the molecule is COC(=O)C1(Cc2ccc(OC(C)C)cc2)CCC1. The Kier molecular flexibility index (Phi) is 4.13. The fourth-order valence-electron chi connectivity index (χ4n) is 2.62. The lowest BCUT2D eigenvalue weighted by Gasteiger charge is -2.39. The van der Waals surface area contributed by atoms with Gasteiger partial charge in [0.2, 0.25) is 0 Å². The molecule has 3 nitrogen and oxygen atoms in total. The second-order valence-electron chi connectivity index (χ2n) is 5.61. The summed E-state index contributed by atoms with van der Waals surface area (Å²) in [6.45, 7) is 4.02. The van der Waals surface area contributed by atoms with E-state index in [1.165, 1.54) is 12.7 Å². The fourth-order valence-corrected chi connectivity index (χ4v) is 2.62. The average molecular weight is 262 g/mol. The smallest absolute Gasteiger partial charge is 0.312 e. The van der Waals surface area contributed by atoms with Gasteiger partial charge in [0.15, 0.2) is 0 Å². The molecule has 1 aliphatic carbocycles. The van der Waals surface area contributed by atoms with Gasteiger partial charge in [-0.25, -0.2) is 0 Å². The summed E-state index contributed by atoms with van der Waals surface area (Å²) in [7, 11) is 1.47. The predicted octanol–water partition coefficient (Wildman–Crippen LogP) is 3.36. The van der Waals surface area contributed by atoms with Crippen LogP contribution in [0.3, 0.4) is 0 Å². The standard InChI is InChI=1S/C16H22O3/c1-12(2)19-14-7-5-13(6-8-14)11-16(9-4-10-16)15(17)18-3/h5-8,12H,4,9-11H2,1-3H3. The second kappa shape index (κ2) is 5.64. The summed E-state index contributed by atoms with van der Waals surface area (Å²) in [6.07, 6.45) is 3.93. The van der Waals surface area contributed by atoms with Gasteiger partial charge in [-0.15, -0.1) is 0 Å². The molecule has 104 valence electrons. The van der Waals surface area contributed by atoms with E-state index in [9.17, 15) is 4.79 Å². The van der Waals surface area contributed by atoms with Crippen molar-refractivity contribution in [3.63, 3.8) is 0 Å². The highest BCUT2D eigenvalue weighted by Crippen LogP contribution is 2.44. The van der Waals surface area contributed by atoms with Crippen LogP contribution in [-0.2, 0) is 16.0 Å². The van der Waals surface area contributed by atoms with E-state index < -0.39 is 0 Å². The zero-order chi connectivity index (χ0) is 13.9. The van der Waals surface area contributed by atoms with Crippen molar-refractivity contribution in [2.75, 3.05) is 7.11 Å². The number of hydrogen-bond acceptors (Lipinski definition) is 3. The Morgan fingerprint density at radius 3 is 2.32 bits per heavy atom. The zero-order valence-electron chi connectivity index (χ0n) is 11.9. The van der Waals surface area contributed by atoms with Gasteiger partial charge in [-0.2, -0.15) is 0 Å². The Labute approximate surface area is 114 Å². The Balaban J connectivity index is 2.04. The highest BCUT2D eigenvalue weighted by molar-refractivity contribution is 5.78. The molecule has 0 atom stereocenters. The fraction of sp³-hybridized carbons (Fsp3) is 0.562. The molecular weight excluding hydrogens is 240 g/mol. The number of carbonyl (C=O) groups excluding carboxylic acids is 1. The van der Waals surface area contributed by atoms with Gasteiger partial charge in [0.1, 0.15) is 5.75 Å². The van der Waals surface area contributed by atoms with Gasteiger partial charge in [0, 0.05) is 0 Å². The molecule has 3 heteroatoms. The summed E-state index contributed by atoms with van der Waals surface area (Å²) in [5, 5.41) is 0. The third-order valence-electron chi connectivity index (χ3n) is 3.77. The van der Waals surface area contributed by atoms with Gasteiger partial charge in [-0.1, -0.05) is 18.6 Å². The Hall–Kier alpha value is -1.51. The van der Waals surface area contributed by atoms with Crippen LogP contribution in [0.5, 0.6) is 5.75 Å². The zero-order valence-corrected chi connectivity index (χ0v) is 11.9. The molecule has 0 radical (unpaired) electrons. The number of methoxy groups -OCH3 is 1. The van der Waals surface area contributed by atoms with E-state index in [1.807, 2.05) is 38.1 Å². The summed E-state index contributed by atoms with van der Waals surface area (Å²) in [4.78, 5) is 11.9. The molecule has 0 N–H and O–H groups in total. The van der Waals surface area contributed by atoms with Crippen molar-refractivity contribution < 1.29 is 14.3 Å². The van der Waals surface area contributed by atoms with Crippen LogP contribution >= 0.6 is 0 Å². The molecule has 19 heavy (non-hydrogen) atoms. The third-order valence-corrected chi connectivity index (χ3v) is 3.77. The van der Waals surface area contributed by atoms with E-state index in [4.69, 9.17) is 9.47 Å². The highest BCUT2D eigenvalue weighted by atomic mass is 16.5. The molecule has 0 spiro atoms. The number of ether oxygens (including phenoxy) is 2. The number of carbonyl (C=O) groups is 1. The molecule has 0 saturated heterocycles. The van der Waals surface area contributed by atoms with E-state index in [-0.39, 0.29) is 17.5 Å². The van der Waals surface area contributed by atoms with Crippen molar-refractivity contribution in [1.29, 1.82) is 0 Å². The van der Waals surface area contributed by atoms with Gasteiger partial charge < -0.3 is 9.47 Å². The Bertz CT molecular complexity index is 430. The number of esters is 1. The number of benzene rings is 1. The van der Waals surface area contributed by atoms with Crippen LogP contribution in [0.25, 0.3) is 0 Å². The first-order chi connectivity index (χ1) is 9.05. The van der Waals surface area contributed by atoms with Gasteiger partial charge in [0.25, 0.3) is 0 Å². The molecule has 0 amide bonds. The largest absolute Gasteiger partial charge is 0.491 e. The predicted molar refractivity (Wildman–Crippen MR) is 74.2 cm³/mol. The van der Waals surface area contributed by atoms with E-state index in [0.29, 0.717) is 0 Å². The lowest BCUT2D eigenvalue weighted by Crippen LogP contribution is -2.40. The van der Waals surface area contributed by atoms with Gasteiger partial charge in [-0.05, 0) is 50.8 Å². The lowest BCUT2D eigenvalue weighted by molar-refractivity contribution is -0.158. The van der Waals surface area contributed by atoms with Crippen molar-refractivity contribution in [1.82, 2.24) is 0 Å². The summed E-state index contributed by atoms with van der Waals surface area (Å²) in [6, 6.07) is 8.03. The van der Waals surface area contributed by atoms with Crippen LogP contribution < -0.4 is 4.74 Å². The van der Waals surface area contributed by atoms with Gasteiger partial charge in [0.05, 0.1) is 18.6 Å². The maximum atomic E-state index is 11.9. The van der Waals surface area contributed by atoms with Crippen LogP contribution in [0.15, 0.2) is 24.3 Å². The minimum Gasteiger partial charge on any atom is -0.491 e. The quantitative estimate of drug-likeness (QED) is 0.763. The number of rotatable bonds is 5. The number of hydrogen-bond donors (Lipinski definition) is 0. The first-order valence-corrected chi connectivity index (χ1v) is 6.90. The molecule has 0 unspecified atom stereocenters. The molecular formula is C16H22O3. The minimum absolute atomic E-state index is 0.0683. The third kappa shape index (κ3) is 3.09. The topological polar surface area (TPSA) is 35.5 Å². The van der Waals surface area contributed by atoms with E-state index in [0.717, 1.165) is 31.4 Å². The summed E-state index contributed by atoms with van der Waals surface area (Å²) < 4.78 is 10.6. The average Bonchev–Trinajstić information content (AvgIpc) is 2.34. The summed E-state index contributed by atoms with van der Waals surface area (Å²) in [5.74, 6) is 0.806. The molecule has 2 rings (SSSR count). The Morgan fingerprint density at radius 2 is 1.89 bits per heavy atom. The molecule has 0 aromatic heterocycles. The minimum atomic E-state index is -0.283. The van der Waals surface area contributed by atoms with Crippen LogP contribution in [-0.4, -0.2) is 19.2 Å². The van der Waals surface area contributed by atoms with Gasteiger partial charge >= 0.3 is 5.97 Å². The maximum Gasteiger partial charge on any atom is 0.312 e. The summed E-state index contributed by atoms with van der Waals surface area (Å²) >= 11 is 0. The maximum absolute atomic E-state index is 11.9. The normalized spacial score (nSPS) is 16.8. The van der Waals surface area contributed by atoms with Crippen LogP contribution in [0.4, 0.5) is 0 Å². The first kappa shape index (κ1) is 13.9. The molecule has 1 aromatic carbocycles. The van der Waals surface area contributed by atoms with Crippen LogP contribution in [0.1, 0.15) is 38.7 Å². The highest BCUT2D eigenvalue weighted by Gasteiger charge is 2.45. The molecule has 1 aliphatic rings. The molecule has 0 bridgehead atoms. The van der Waals surface area contributed by atoms with Crippen molar-refractivity contribution in [2.24, 2.45) is 5.41 Å². The van der Waals surface area contributed by atoms with Crippen LogP contribution in [0.2, 0.25) is 0 Å². The van der Waals surface area contributed by atoms with Gasteiger partial charge in [-0.3, -0.25) is 4.79 Å². The van der Waals surface area contributed by atoms with Crippen molar-refractivity contribution >= 4 is 5.97 Å². The van der Waals surface area contributed by atoms with Crippen molar-refractivity contribution in [2.45, 2.75) is 45.6 Å². The molecule has 0 aliphatic heterocycles. The van der Waals surface area contributed by atoms with E-state index in [1.54, 1.807) is 0 Å². The van der Waals surface area contributed by atoms with Crippen LogP contribution in [0, 0.1) is 5.41 Å². The first-order valence-electron chi connectivity index (χ1n) is 6.90. The van der Waals surface area contributed by atoms with E-state index in [2.05, 4.69) is 0 Å². The monoisotopic (exact) mass is 262 g/mol. The van der Waals surface area contributed by atoms with Crippen molar-refractivity contribution in [3.8, 4) is 5.75 Å². The molecule has 1 fully saturated rings. The molecule has 0 heterocycles. The Morgan fingerprint density at radius 1 is 1.26 bits per heavy atom. The van der Waals surface area contributed by atoms with Crippen molar-refractivity contribution in [3.05, 3.63) is 29.8 Å². The second-order valence-corrected chi connectivity index (χ2v) is 5.61. The molecule has 1 saturated carbocycles. The lowest BCUT2D eigenvalue weighted by atomic mass is 9.65. The summed E-state index contributed by atoms with van der Waals surface area (Å²) in [5.41, 5.74) is 0.885. The molecule has 1 aromatic rings. The van der Waals surface area contributed by atoms with E-state index >= 15 is 0 Å².